The van der Waals surface area contributed by atoms with Gasteiger partial charge in [-0.2, -0.15) is 5.10 Å². The molecular formula is C10H19N3W. The maximum absolute atomic E-state index is 4.31. The van der Waals surface area contributed by atoms with Gasteiger partial charge in [-0.1, -0.05) is 0 Å². The second kappa shape index (κ2) is 7.19. The largest absolute Gasteiger partial charge is 2.00 e. The van der Waals surface area contributed by atoms with Crippen LogP contribution in [-0.4, -0.2) is 27.8 Å². The molecule has 1 fully saturated rings. The molecule has 0 N–H and O–H groups in total. The Kier molecular flexibility index (Phi) is 8.37. The number of aromatic nitrogens is 2. The van der Waals surface area contributed by atoms with Crippen LogP contribution >= 0.6 is 0 Å². The maximum Gasteiger partial charge on any atom is 2.00 e. The Balaban J connectivity index is 0. The van der Waals surface area contributed by atoms with Gasteiger partial charge in [0.2, 0.25) is 0 Å². The molecule has 1 aromatic rings. The molecule has 1 aliphatic rings. The molecule has 0 unspecified atom stereocenters. The first-order valence-corrected chi connectivity index (χ1v) is 4.05. The Morgan fingerprint density at radius 2 is 2.00 bits per heavy atom. The Morgan fingerprint density at radius 1 is 1.36 bits per heavy atom. The number of aryl methyl sites for hydroxylation is 1. The molecule has 14 heavy (non-hydrogen) atoms. The number of nitrogens with zero attached hydrogens (tertiary/aromatic N) is 3. The monoisotopic (exact) mass is 365 g/mol. The predicted octanol–water partition coefficient (Wildman–Crippen LogP) is 1.52. The minimum atomic E-state index is 0. The first-order valence-electron chi connectivity index (χ1n) is 4.05. The van der Waals surface area contributed by atoms with Crippen LogP contribution in [0.1, 0.15) is 12.1 Å². The molecule has 0 aliphatic carbocycles. The Labute approximate surface area is 102 Å². The third kappa shape index (κ3) is 3.93. The van der Waals surface area contributed by atoms with Gasteiger partial charge in [0.05, 0.1) is 5.69 Å². The fourth-order valence-electron chi connectivity index (χ4n) is 1.32. The van der Waals surface area contributed by atoms with Gasteiger partial charge in [0.15, 0.2) is 0 Å². The van der Waals surface area contributed by atoms with E-state index in [1.807, 2.05) is 17.9 Å². The minimum Gasteiger partial charge on any atom is -0.358 e. The van der Waals surface area contributed by atoms with Crippen LogP contribution in [0.25, 0.3) is 0 Å². The topological polar surface area (TPSA) is 21.1 Å². The molecule has 1 saturated heterocycles. The predicted molar refractivity (Wildman–Crippen MR) is 55.9 cm³/mol. The van der Waals surface area contributed by atoms with Crippen molar-refractivity contribution in [3.8, 4) is 0 Å². The van der Waals surface area contributed by atoms with Crippen molar-refractivity contribution < 1.29 is 21.1 Å². The summed E-state index contributed by atoms with van der Waals surface area (Å²) < 4.78 is 1.86. The van der Waals surface area contributed by atoms with E-state index in [1.165, 1.54) is 25.2 Å². The fraction of sp³-hybridized carbons (Fsp3) is 0.500. The van der Waals surface area contributed by atoms with Crippen molar-refractivity contribution in [3.63, 3.8) is 0 Å². The summed E-state index contributed by atoms with van der Waals surface area (Å²) in [6.45, 7) is 3.52. The third-order valence-electron chi connectivity index (χ3n) is 2.10. The van der Waals surface area contributed by atoms with Crippen LogP contribution in [0.15, 0.2) is 12.3 Å². The second-order valence-electron chi connectivity index (χ2n) is 3.11. The molecular weight excluding hydrogens is 346 g/mol. The zero-order valence-electron chi connectivity index (χ0n) is 9.23. The molecule has 2 rings (SSSR count). The summed E-state index contributed by atoms with van der Waals surface area (Å²) in [4.78, 5) is 2.41. The summed E-state index contributed by atoms with van der Waals surface area (Å²) >= 11 is 0. The summed E-state index contributed by atoms with van der Waals surface area (Å²) in [5.41, 5.74) is 1.19. The molecule has 0 radical (unpaired) electrons. The zero-order valence-corrected chi connectivity index (χ0v) is 12.2. The number of rotatable bonds is 2. The standard InChI is InChI=1S/C8H13N3.2CH3.W/c1-10-6-3-8(9-10)7-11-4-2-5-11;;;/h3,6H,2,4-5,7H2,1H3;2*1H3;/q;2*-1;+2. The van der Waals surface area contributed by atoms with Crippen LogP contribution < -0.4 is 0 Å². The van der Waals surface area contributed by atoms with Crippen LogP contribution in [0.3, 0.4) is 0 Å². The summed E-state index contributed by atoms with van der Waals surface area (Å²) in [7, 11) is 1.96. The molecule has 2 heterocycles. The Morgan fingerprint density at radius 3 is 2.36 bits per heavy atom. The van der Waals surface area contributed by atoms with Gasteiger partial charge in [0.25, 0.3) is 0 Å². The van der Waals surface area contributed by atoms with Gasteiger partial charge in [0, 0.05) is 19.8 Å². The maximum atomic E-state index is 4.31. The molecule has 0 atom stereocenters. The normalized spacial score (nSPS) is 14.4. The van der Waals surface area contributed by atoms with Gasteiger partial charge in [-0.25, -0.2) is 0 Å². The van der Waals surface area contributed by atoms with E-state index in [9.17, 15) is 0 Å². The van der Waals surface area contributed by atoms with Crippen molar-refractivity contribution in [2.24, 2.45) is 7.05 Å². The molecule has 4 heteroatoms. The molecule has 0 saturated carbocycles. The first-order chi connectivity index (χ1) is 5.34. The smallest absolute Gasteiger partial charge is 0.358 e. The van der Waals surface area contributed by atoms with Crippen molar-refractivity contribution in [2.75, 3.05) is 13.1 Å². The van der Waals surface area contributed by atoms with E-state index in [0.717, 1.165) is 6.54 Å². The van der Waals surface area contributed by atoms with Crippen LogP contribution in [0.2, 0.25) is 0 Å². The van der Waals surface area contributed by atoms with E-state index in [1.54, 1.807) is 0 Å². The molecule has 3 nitrogen and oxygen atoms in total. The van der Waals surface area contributed by atoms with E-state index in [0.29, 0.717) is 0 Å². The number of likely N-dealkylation sites (tertiary alicyclic amines) is 1. The third-order valence-corrected chi connectivity index (χ3v) is 2.10. The van der Waals surface area contributed by atoms with Gasteiger partial charge >= 0.3 is 21.1 Å². The average molecular weight is 365 g/mol. The SMILES string of the molecule is Cn1ccc(CN2CCC2)n1.[CH3-].[CH3-].[W+2]. The zero-order chi connectivity index (χ0) is 7.68. The van der Waals surface area contributed by atoms with Gasteiger partial charge < -0.3 is 14.9 Å². The van der Waals surface area contributed by atoms with E-state index in [-0.39, 0.29) is 35.9 Å². The van der Waals surface area contributed by atoms with Crippen molar-refractivity contribution in [1.29, 1.82) is 0 Å². The van der Waals surface area contributed by atoms with Gasteiger partial charge in [0.1, 0.15) is 0 Å². The molecule has 0 bridgehead atoms. The van der Waals surface area contributed by atoms with Crippen LogP contribution in [0, 0.1) is 14.9 Å². The quantitative estimate of drug-likeness (QED) is 0.742. The first kappa shape index (κ1) is 16.3. The Bertz CT molecular complexity index is 243. The number of hydrogen-bond acceptors (Lipinski definition) is 2. The van der Waals surface area contributed by atoms with Gasteiger partial charge in [-0.05, 0) is 25.6 Å². The molecule has 1 aromatic heterocycles. The summed E-state index contributed by atoms with van der Waals surface area (Å²) in [5, 5.41) is 4.31. The average Bonchev–Trinajstić information content (AvgIpc) is 2.27. The summed E-state index contributed by atoms with van der Waals surface area (Å²) in [6.07, 6.45) is 3.35. The van der Waals surface area contributed by atoms with Gasteiger partial charge in [-0.15, -0.1) is 0 Å². The summed E-state index contributed by atoms with van der Waals surface area (Å²) in [6, 6.07) is 2.08. The molecule has 0 amide bonds. The molecule has 1 aliphatic heterocycles. The van der Waals surface area contributed by atoms with Gasteiger partial charge in [-0.3, -0.25) is 9.58 Å². The Hall–Kier alpha value is -0.142. The second-order valence-corrected chi connectivity index (χ2v) is 3.11. The van der Waals surface area contributed by atoms with Crippen LogP contribution in [0.5, 0.6) is 0 Å². The van der Waals surface area contributed by atoms with Crippen molar-refractivity contribution >= 4 is 0 Å². The summed E-state index contributed by atoms with van der Waals surface area (Å²) in [5.74, 6) is 0. The van der Waals surface area contributed by atoms with Crippen molar-refractivity contribution in [2.45, 2.75) is 13.0 Å². The van der Waals surface area contributed by atoms with E-state index in [4.69, 9.17) is 0 Å². The molecule has 0 spiro atoms. The van der Waals surface area contributed by atoms with Crippen LogP contribution in [0.4, 0.5) is 0 Å². The molecule has 0 aromatic carbocycles. The van der Waals surface area contributed by atoms with Crippen molar-refractivity contribution in [1.82, 2.24) is 14.7 Å². The van der Waals surface area contributed by atoms with E-state index < -0.39 is 0 Å². The minimum absolute atomic E-state index is 0. The van der Waals surface area contributed by atoms with Crippen LogP contribution in [-0.2, 0) is 34.7 Å². The van der Waals surface area contributed by atoms with E-state index >= 15 is 0 Å². The molecule has 80 valence electrons. The van der Waals surface area contributed by atoms with Crippen molar-refractivity contribution in [3.05, 3.63) is 32.8 Å². The van der Waals surface area contributed by atoms with E-state index in [2.05, 4.69) is 16.1 Å². The number of hydrogen-bond donors (Lipinski definition) is 0. The fourth-order valence-corrected chi connectivity index (χ4v) is 1.32.